The molecule has 2 amide bonds. The van der Waals surface area contributed by atoms with E-state index in [9.17, 15) is 9.59 Å². The Labute approximate surface area is 143 Å². The Hall–Kier alpha value is -3.61. The molecular weight excluding hydrogens is 322 g/mol. The molecule has 0 saturated heterocycles. The van der Waals surface area contributed by atoms with Gasteiger partial charge in [0.1, 0.15) is 0 Å². The first kappa shape index (κ1) is 16.3. The largest absolute Gasteiger partial charge is 0.459 e. The summed E-state index contributed by atoms with van der Waals surface area (Å²) in [4.78, 5) is 23.7. The predicted octanol–water partition coefficient (Wildman–Crippen LogP) is 3.28. The lowest BCUT2D eigenvalue weighted by molar-refractivity contribution is 0.0926. The summed E-state index contributed by atoms with van der Waals surface area (Å²) in [7, 11) is 0. The van der Waals surface area contributed by atoms with Crippen LogP contribution in [0.4, 0.5) is 5.69 Å². The highest BCUT2D eigenvalue weighted by molar-refractivity contribution is 6.03. The lowest BCUT2D eigenvalue weighted by atomic mass is 10.1. The Bertz CT molecular complexity index is 879. The lowest BCUT2D eigenvalue weighted by Crippen LogP contribution is -2.18. The van der Waals surface area contributed by atoms with Gasteiger partial charge in [-0.25, -0.2) is 5.43 Å². The summed E-state index contributed by atoms with van der Waals surface area (Å²) >= 11 is 0. The number of carbonyl (C=O) groups excluding carboxylic acids is 2. The molecule has 0 aliphatic heterocycles. The van der Waals surface area contributed by atoms with Crippen LogP contribution in [0.15, 0.2) is 75.0 Å². The fraction of sp³-hybridized carbons (Fsp3) is 0.0556. The number of hydrogen-bond donors (Lipinski definition) is 2. The number of nitrogens with one attached hydrogen (secondary N) is 2. The molecule has 2 heterocycles. The molecule has 0 fully saturated rings. The maximum Gasteiger partial charge on any atom is 0.307 e. The molecule has 0 aliphatic carbocycles. The number of amides is 2. The van der Waals surface area contributed by atoms with Crippen LogP contribution in [0.2, 0.25) is 0 Å². The maximum absolute atomic E-state index is 11.9. The quantitative estimate of drug-likeness (QED) is 0.551. The van der Waals surface area contributed by atoms with Gasteiger partial charge in [0.2, 0.25) is 0 Å². The number of carbonyl (C=O) groups is 2. The normalized spacial score (nSPS) is 11.2. The molecule has 0 radical (unpaired) electrons. The Morgan fingerprint density at radius 3 is 2.04 bits per heavy atom. The van der Waals surface area contributed by atoms with Crippen molar-refractivity contribution >= 4 is 23.2 Å². The summed E-state index contributed by atoms with van der Waals surface area (Å²) in [5, 5.41) is 6.76. The van der Waals surface area contributed by atoms with Crippen molar-refractivity contribution in [1.29, 1.82) is 0 Å². The Morgan fingerprint density at radius 2 is 1.48 bits per heavy atom. The van der Waals surface area contributed by atoms with E-state index in [0.29, 0.717) is 11.4 Å². The molecule has 2 aromatic heterocycles. The highest BCUT2D eigenvalue weighted by Gasteiger charge is 2.09. The van der Waals surface area contributed by atoms with Gasteiger partial charge in [0.25, 0.3) is 5.91 Å². The van der Waals surface area contributed by atoms with Crippen LogP contribution >= 0.6 is 0 Å². The third-order valence-corrected chi connectivity index (χ3v) is 3.38. The van der Waals surface area contributed by atoms with E-state index in [0.717, 1.165) is 5.56 Å². The minimum atomic E-state index is -0.424. The zero-order valence-electron chi connectivity index (χ0n) is 13.4. The summed E-state index contributed by atoms with van der Waals surface area (Å²) in [6.45, 7) is 1.76. The molecule has 25 heavy (non-hydrogen) atoms. The van der Waals surface area contributed by atoms with E-state index in [2.05, 4.69) is 15.8 Å². The average molecular weight is 337 g/mol. The van der Waals surface area contributed by atoms with Gasteiger partial charge < -0.3 is 14.2 Å². The molecule has 3 aromatic rings. The van der Waals surface area contributed by atoms with Crippen molar-refractivity contribution in [2.45, 2.75) is 6.92 Å². The zero-order chi connectivity index (χ0) is 17.6. The maximum atomic E-state index is 11.9. The number of nitrogens with zero attached hydrogens (tertiary/aromatic N) is 1. The third kappa shape index (κ3) is 4.03. The van der Waals surface area contributed by atoms with Gasteiger partial charge in [0, 0.05) is 5.69 Å². The molecule has 7 nitrogen and oxygen atoms in total. The van der Waals surface area contributed by atoms with E-state index < -0.39 is 5.91 Å². The highest BCUT2D eigenvalue weighted by atomic mass is 16.3. The fourth-order valence-corrected chi connectivity index (χ4v) is 2.06. The van der Waals surface area contributed by atoms with Gasteiger partial charge in [-0.2, -0.15) is 5.10 Å². The van der Waals surface area contributed by atoms with Gasteiger partial charge in [0.05, 0.1) is 18.2 Å². The SMILES string of the molecule is CC(=NNC(=O)c1ccco1)c1ccc(NC(=O)c2ccco2)cc1. The molecule has 0 unspecified atom stereocenters. The van der Waals surface area contributed by atoms with E-state index >= 15 is 0 Å². The van der Waals surface area contributed by atoms with E-state index in [-0.39, 0.29) is 17.4 Å². The molecular formula is C18H15N3O4. The smallest absolute Gasteiger partial charge is 0.307 e. The van der Waals surface area contributed by atoms with Gasteiger partial charge in [-0.05, 0) is 48.9 Å². The van der Waals surface area contributed by atoms with E-state index in [1.165, 1.54) is 12.5 Å². The summed E-state index contributed by atoms with van der Waals surface area (Å²) in [5.74, 6) is -0.324. The van der Waals surface area contributed by atoms with Gasteiger partial charge in [0.15, 0.2) is 11.5 Å². The van der Waals surface area contributed by atoms with Crippen LogP contribution in [0, 0.1) is 0 Å². The Balaban J connectivity index is 1.62. The number of hydrazone groups is 1. The minimum absolute atomic E-state index is 0.188. The molecule has 2 N–H and O–H groups in total. The molecule has 1 aromatic carbocycles. The number of rotatable bonds is 5. The zero-order valence-corrected chi connectivity index (χ0v) is 13.4. The van der Waals surface area contributed by atoms with Crippen molar-refractivity contribution in [3.8, 4) is 0 Å². The van der Waals surface area contributed by atoms with Crippen molar-refractivity contribution in [2.24, 2.45) is 5.10 Å². The molecule has 0 bridgehead atoms. The molecule has 0 atom stereocenters. The molecule has 7 heteroatoms. The van der Waals surface area contributed by atoms with E-state index in [1.54, 1.807) is 55.5 Å². The first-order valence-electron chi connectivity index (χ1n) is 7.47. The predicted molar refractivity (Wildman–Crippen MR) is 91.5 cm³/mol. The van der Waals surface area contributed by atoms with Crippen LogP contribution in [-0.4, -0.2) is 17.5 Å². The Kier molecular flexibility index (Phi) is 4.75. The number of benzene rings is 1. The van der Waals surface area contributed by atoms with Crippen molar-refractivity contribution in [2.75, 3.05) is 5.32 Å². The standard InChI is InChI=1S/C18H15N3O4/c1-12(20-21-18(23)16-5-3-11-25-16)13-6-8-14(9-7-13)19-17(22)15-4-2-10-24-15/h2-11H,1H3,(H,19,22)(H,21,23). The second kappa shape index (κ2) is 7.31. The van der Waals surface area contributed by atoms with Crippen LogP contribution in [0.3, 0.4) is 0 Å². The number of anilines is 1. The lowest BCUT2D eigenvalue weighted by Gasteiger charge is -2.05. The van der Waals surface area contributed by atoms with Crippen molar-refractivity contribution in [3.63, 3.8) is 0 Å². The van der Waals surface area contributed by atoms with Crippen LogP contribution in [0.25, 0.3) is 0 Å². The molecule has 0 spiro atoms. The van der Waals surface area contributed by atoms with E-state index in [4.69, 9.17) is 8.83 Å². The summed E-state index contributed by atoms with van der Waals surface area (Å²) < 4.78 is 10.0. The highest BCUT2D eigenvalue weighted by Crippen LogP contribution is 2.12. The summed E-state index contributed by atoms with van der Waals surface area (Å²) in [5.41, 5.74) is 4.46. The second-order valence-corrected chi connectivity index (χ2v) is 5.12. The Morgan fingerprint density at radius 1 is 0.880 bits per heavy atom. The van der Waals surface area contributed by atoms with Crippen LogP contribution in [0.1, 0.15) is 33.6 Å². The fourth-order valence-electron chi connectivity index (χ4n) is 2.06. The van der Waals surface area contributed by atoms with Gasteiger partial charge in [-0.3, -0.25) is 9.59 Å². The van der Waals surface area contributed by atoms with Gasteiger partial charge in [-0.1, -0.05) is 12.1 Å². The minimum Gasteiger partial charge on any atom is -0.459 e. The second-order valence-electron chi connectivity index (χ2n) is 5.12. The molecule has 0 aliphatic rings. The van der Waals surface area contributed by atoms with Crippen LogP contribution in [-0.2, 0) is 0 Å². The monoisotopic (exact) mass is 337 g/mol. The van der Waals surface area contributed by atoms with E-state index in [1.807, 2.05) is 0 Å². The summed E-state index contributed by atoms with van der Waals surface area (Å²) in [6.07, 6.45) is 2.86. The molecule has 126 valence electrons. The van der Waals surface area contributed by atoms with Gasteiger partial charge in [-0.15, -0.1) is 0 Å². The van der Waals surface area contributed by atoms with Gasteiger partial charge >= 0.3 is 5.91 Å². The molecule has 0 saturated carbocycles. The first-order chi connectivity index (χ1) is 12.1. The van der Waals surface area contributed by atoms with Crippen molar-refractivity contribution in [3.05, 3.63) is 78.1 Å². The van der Waals surface area contributed by atoms with Crippen molar-refractivity contribution < 1.29 is 18.4 Å². The average Bonchev–Trinajstić information content (AvgIpc) is 3.33. The van der Waals surface area contributed by atoms with Crippen LogP contribution in [0.5, 0.6) is 0 Å². The van der Waals surface area contributed by atoms with Crippen molar-refractivity contribution in [1.82, 2.24) is 5.43 Å². The third-order valence-electron chi connectivity index (χ3n) is 3.38. The topological polar surface area (TPSA) is 96.8 Å². The summed E-state index contributed by atoms with van der Waals surface area (Å²) in [6, 6.07) is 13.5. The number of hydrogen-bond acceptors (Lipinski definition) is 5. The first-order valence-corrected chi connectivity index (χ1v) is 7.47. The molecule has 3 rings (SSSR count). The van der Waals surface area contributed by atoms with Crippen LogP contribution < -0.4 is 10.7 Å². The number of furan rings is 2.